The van der Waals surface area contributed by atoms with E-state index in [1.54, 1.807) is 26.4 Å². The lowest BCUT2D eigenvalue weighted by Crippen LogP contribution is -2.48. The molecule has 0 bridgehead atoms. The second-order valence-electron chi connectivity index (χ2n) is 9.22. The number of hydrogen-bond donors (Lipinski definition) is 0. The number of para-hydroxylation sites is 1. The first-order chi connectivity index (χ1) is 17.4. The van der Waals surface area contributed by atoms with E-state index in [-0.39, 0.29) is 16.7 Å². The Morgan fingerprint density at radius 1 is 1.03 bits per heavy atom. The molecule has 1 aliphatic rings. The molecule has 4 rings (SSSR count). The molecule has 11 nitrogen and oxygen atoms in total. The van der Waals surface area contributed by atoms with Gasteiger partial charge in [-0.15, -0.1) is 5.10 Å². The first-order valence-corrected chi connectivity index (χ1v) is 12.1. The third-order valence-corrected chi connectivity index (χ3v) is 6.56. The van der Waals surface area contributed by atoms with Crippen molar-refractivity contribution in [1.29, 1.82) is 0 Å². The first kappa shape index (κ1) is 25.4. The molecule has 0 unspecified atom stereocenters. The van der Waals surface area contributed by atoms with Crippen LogP contribution < -0.4 is 14.4 Å². The van der Waals surface area contributed by atoms with Gasteiger partial charge in [-0.25, -0.2) is 4.68 Å². The Balaban J connectivity index is 1.63. The summed E-state index contributed by atoms with van der Waals surface area (Å²) in [5.41, 5.74) is 2.01. The molecule has 3 aromatic rings. The van der Waals surface area contributed by atoms with E-state index in [0.29, 0.717) is 17.4 Å². The van der Waals surface area contributed by atoms with Gasteiger partial charge >= 0.3 is 0 Å². The highest BCUT2D eigenvalue weighted by molar-refractivity contribution is 5.52. The van der Waals surface area contributed by atoms with Crippen LogP contribution in [-0.4, -0.2) is 70.4 Å². The van der Waals surface area contributed by atoms with Gasteiger partial charge in [-0.1, -0.05) is 26.0 Å². The summed E-state index contributed by atoms with van der Waals surface area (Å²) in [6.07, 6.45) is 0.966. The first-order valence-electron chi connectivity index (χ1n) is 12.1. The van der Waals surface area contributed by atoms with Crippen LogP contribution in [0.25, 0.3) is 0 Å². The molecule has 2 aromatic carbocycles. The van der Waals surface area contributed by atoms with Gasteiger partial charge in [0.1, 0.15) is 6.04 Å². The van der Waals surface area contributed by atoms with Gasteiger partial charge in [0, 0.05) is 56.1 Å². The predicted molar refractivity (Wildman–Crippen MR) is 136 cm³/mol. The number of non-ortho nitro benzene ring substituents is 1. The number of nitro groups is 1. The molecular weight excluding hydrogens is 462 g/mol. The van der Waals surface area contributed by atoms with Crippen molar-refractivity contribution in [3.05, 3.63) is 64.0 Å². The number of ether oxygens (including phenoxy) is 2. The van der Waals surface area contributed by atoms with Crippen molar-refractivity contribution in [1.82, 2.24) is 25.1 Å². The molecular formula is C25H33N7O4. The second-order valence-corrected chi connectivity index (χ2v) is 9.22. The van der Waals surface area contributed by atoms with Gasteiger partial charge in [0.2, 0.25) is 0 Å². The zero-order chi connectivity index (χ0) is 25.7. The average molecular weight is 496 g/mol. The lowest BCUT2D eigenvalue weighted by molar-refractivity contribution is -0.384. The van der Waals surface area contributed by atoms with Crippen LogP contribution in [0.4, 0.5) is 11.4 Å². The van der Waals surface area contributed by atoms with E-state index in [1.165, 1.54) is 0 Å². The smallest absolute Gasteiger partial charge is 0.269 e. The topological polar surface area (TPSA) is 112 Å². The second kappa shape index (κ2) is 11.3. The van der Waals surface area contributed by atoms with Gasteiger partial charge in [-0.05, 0) is 41.0 Å². The van der Waals surface area contributed by atoms with Crippen molar-refractivity contribution in [2.75, 3.05) is 45.3 Å². The fourth-order valence-corrected chi connectivity index (χ4v) is 4.60. The van der Waals surface area contributed by atoms with Gasteiger partial charge in [0.25, 0.3) is 5.69 Å². The molecule has 0 amide bonds. The Morgan fingerprint density at radius 3 is 2.36 bits per heavy atom. The third-order valence-electron chi connectivity index (χ3n) is 6.56. The van der Waals surface area contributed by atoms with Crippen LogP contribution in [0, 0.1) is 16.0 Å². The fourth-order valence-electron chi connectivity index (χ4n) is 4.60. The molecule has 0 saturated carbocycles. The molecule has 2 heterocycles. The molecule has 0 aliphatic carbocycles. The van der Waals surface area contributed by atoms with Crippen LogP contribution in [0.15, 0.2) is 42.5 Å². The molecule has 1 aromatic heterocycles. The number of anilines is 1. The Morgan fingerprint density at radius 2 is 1.75 bits per heavy atom. The highest BCUT2D eigenvalue weighted by atomic mass is 16.6. The number of aromatic nitrogens is 4. The SMILES string of the molecule is COc1cccc([C@H](c2nnnn2CCC(C)C)N2CCN(c3ccc([N+](=O)[O-])cc3)CC2)c1OC. The number of piperazine rings is 1. The number of methoxy groups -OCH3 is 2. The summed E-state index contributed by atoms with van der Waals surface area (Å²) >= 11 is 0. The maximum Gasteiger partial charge on any atom is 0.269 e. The molecule has 0 radical (unpaired) electrons. The van der Waals surface area contributed by atoms with E-state index in [9.17, 15) is 10.1 Å². The lowest BCUT2D eigenvalue weighted by atomic mass is 10.0. The Kier molecular flexibility index (Phi) is 7.99. The maximum atomic E-state index is 11.0. The van der Waals surface area contributed by atoms with E-state index in [2.05, 4.69) is 39.2 Å². The van der Waals surface area contributed by atoms with Gasteiger partial charge in [-0.2, -0.15) is 0 Å². The predicted octanol–water partition coefficient (Wildman–Crippen LogP) is 3.56. The number of nitro benzene ring substituents is 1. The summed E-state index contributed by atoms with van der Waals surface area (Å²) in [7, 11) is 3.28. The van der Waals surface area contributed by atoms with Crippen LogP contribution >= 0.6 is 0 Å². The largest absolute Gasteiger partial charge is 0.493 e. The summed E-state index contributed by atoms with van der Waals surface area (Å²) < 4.78 is 13.3. The third kappa shape index (κ3) is 5.40. The summed E-state index contributed by atoms with van der Waals surface area (Å²) in [6, 6.07) is 12.4. The van der Waals surface area contributed by atoms with E-state index in [0.717, 1.165) is 56.2 Å². The molecule has 0 spiro atoms. The summed E-state index contributed by atoms with van der Waals surface area (Å²) in [4.78, 5) is 15.2. The number of hydrogen-bond acceptors (Lipinski definition) is 9. The lowest BCUT2D eigenvalue weighted by Gasteiger charge is -2.40. The summed E-state index contributed by atoms with van der Waals surface area (Å²) in [5, 5.41) is 23.8. The van der Waals surface area contributed by atoms with E-state index in [4.69, 9.17) is 9.47 Å². The van der Waals surface area contributed by atoms with Gasteiger partial charge in [0.05, 0.1) is 19.1 Å². The van der Waals surface area contributed by atoms with Crippen molar-refractivity contribution in [3.8, 4) is 11.5 Å². The summed E-state index contributed by atoms with van der Waals surface area (Å²) in [5.74, 6) is 2.62. The highest BCUT2D eigenvalue weighted by Crippen LogP contribution is 2.40. The van der Waals surface area contributed by atoms with Gasteiger partial charge in [-0.3, -0.25) is 15.0 Å². The van der Waals surface area contributed by atoms with E-state index in [1.807, 2.05) is 35.0 Å². The number of nitrogens with zero attached hydrogens (tertiary/aromatic N) is 7. The van der Waals surface area contributed by atoms with Crippen molar-refractivity contribution >= 4 is 11.4 Å². The number of tetrazole rings is 1. The minimum atomic E-state index is -0.378. The van der Waals surface area contributed by atoms with E-state index < -0.39 is 0 Å². The summed E-state index contributed by atoms with van der Waals surface area (Å²) in [6.45, 7) is 8.11. The monoisotopic (exact) mass is 495 g/mol. The molecule has 36 heavy (non-hydrogen) atoms. The van der Waals surface area contributed by atoms with Gasteiger partial charge < -0.3 is 14.4 Å². The zero-order valence-corrected chi connectivity index (χ0v) is 21.2. The number of aryl methyl sites for hydroxylation is 1. The molecule has 11 heteroatoms. The Bertz CT molecular complexity index is 1160. The van der Waals surface area contributed by atoms with E-state index >= 15 is 0 Å². The quantitative estimate of drug-likeness (QED) is 0.308. The minimum absolute atomic E-state index is 0.0933. The standard InChI is InChI=1S/C25H33N7O4/c1-18(2)12-13-31-25(26-27-28-31)23(21-6-5-7-22(35-3)24(21)36-4)30-16-14-29(15-17-30)19-8-10-20(11-9-19)32(33)34/h5-11,18,23H,12-17H2,1-4H3/t23-/m1/s1. The highest BCUT2D eigenvalue weighted by Gasteiger charge is 2.33. The molecule has 1 atom stereocenters. The normalized spacial score (nSPS) is 15.2. The fraction of sp³-hybridized carbons (Fsp3) is 0.480. The van der Waals surface area contributed by atoms with Crippen molar-refractivity contribution in [3.63, 3.8) is 0 Å². The van der Waals surface area contributed by atoms with Crippen molar-refractivity contribution in [2.45, 2.75) is 32.9 Å². The van der Waals surface area contributed by atoms with Crippen LogP contribution in [0.5, 0.6) is 11.5 Å². The number of rotatable bonds is 10. The van der Waals surface area contributed by atoms with Crippen LogP contribution in [0.2, 0.25) is 0 Å². The molecule has 0 N–H and O–H groups in total. The van der Waals surface area contributed by atoms with Crippen LogP contribution in [0.3, 0.4) is 0 Å². The maximum absolute atomic E-state index is 11.0. The van der Waals surface area contributed by atoms with Gasteiger partial charge in [0.15, 0.2) is 17.3 Å². The molecule has 1 aliphatic heterocycles. The minimum Gasteiger partial charge on any atom is -0.493 e. The zero-order valence-electron chi connectivity index (χ0n) is 21.2. The van der Waals surface area contributed by atoms with Crippen LogP contribution in [0.1, 0.15) is 37.7 Å². The molecule has 1 saturated heterocycles. The Labute approximate surface area is 210 Å². The number of benzene rings is 2. The Hall–Kier alpha value is -3.73. The molecule has 192 valence electrons. The average Bonchev–Trinajstić information content (AvgIpc) is 3.36. The van der Waals surface area contributed by atoms with Crippen molar-refractivity contribution in [2.24, 2.45) is 5.92 Å². The van der Waals surface area contributed by atoms with Crippen molar-refractivity contribution < 1.29 is 14.4 Å². The van der Waals surface area contributed by atoms with Crippen LogP contribution in [-0.2, 0) is 6.54 Å². The molecule has 1 fully saturated rings.